The van der Waals surface area contributed by atoms with Crippen molar-refractivity contribution in [3.8, 4) is 0 Å². The van der Waals surface area contributed by atoms with Gasteiger partial charge in [0.25, 0.3) is 0 Å². The van der Waals surface area contributed by atoms with Crippen LogP contribution in [0.3, 0.4) is 0 Å². The molecule has 0 saturated heterocycles. The summed E-state index contributed by atoms with van der Waals surface area (Å²) < 4.78 is 33.0. The summed E-state index contributed by atoms with van der Waals surface area (Å²) >= 11 is 12.0. The summed E-state index contributed by atoms with van der Waals surface area (Å²) in [5.41, 5.74) is 2.37. The zero-order valence-electron chi connectivity index (χ0n) is 17.3. The predicted octanol–water partition coefficient (Wildman–Crippen LogP) is 4.78. The molecule has 0 bridgehead atoms. The van der Waals surface area contributed by atoms with E-state index in [0.29, 0.717) is 23.6 Å². The molecular weight excluding hydrogens is 485 g/mol. The zero-order chi connectivity index (χ0) is 23.6. The molecule has 1 heterocycles. The van der Waals surface area contributed by atoms with Crippen molar-refractivity contribution in [1.29, 1.82) is 0 Å². The van der Waals surface area contributed by atoms with Gasteiger partial charge in [0.05, 0.1) is 10.6 Å². The molecule has 0 aromatic heterocycles. The summed E-state index contributed by atoms with van der Waals surface area (Å²) in [6, 6.07) is 17.7. The van der Waals surface area contributed by atoms with Gasteiger partial charge in [-0.1, -0.05) is 47.5 Å². The van der Waals surface area contributed by atoms with Gasteiger partial charge >= 0.3 is 5.97 Å². The lowest BCUT2D eigenvalue weighted by Gasteiger charge is -2.28. The van der Waals surface area contributed by atoms with Crippen molar-refractivity contribution in [1.82, 2.24) is 4.31 Å². The van der Waals surface area contributed by atoms with E-state index < -0.39 is 28.4 Å². The van der Waals surface area contributed by atoms with E-state index in [1.807, 2.05) is 24.3 Å². The zero-order valence-corrected chi connectivity index (χ0v) is 19.7. The van der Waals surface area contributed by atoms with Gasteiger partial charge in [-0.15, -0.1) is 0 Å². The maximum absolute atomic E-state index is 13.3. The number of rotatable bonds is 6. The Morgan fingerprint density at radius 2 is 1.58 bits per heavy atom. The number of ether oxygens (including phenoxy) is 1. The minimum Gasteiger partial charge on any atom is -0.454 e. The van der Waals surface area contributed by atoms with Crippen LogP contribution in [0.5, 0.6) is 0 Å². The van der Waals surface area contributed by atoms with E-state index in [1.54, 1.807) is 12.1 Å². The van der Waals surface area contributed by atoms with Crippen molar-refractivity contribution < 1.29 is 22.7 Å². The summed E-state index contributed by atoms with van der Waals surface area (Å²) in [4.78, 5) is 24.6. The Hall–Kier alpha value is -2.71. The molecule has 1 aliphatic heterocycles. The number of ketones is 1. The van der Waals surface area contributed by atoms with E-state index in [0.717, 1.165) is 11.1 Å². The van der Waals surface area contributed by atoms with Gasteiger partial charge < -0.3 is 4.74 Å². The molecule has 0 saturated carbocycles. The van der Waals surface area contributed by atoms with Gasteiger partial charge in [0.1, 0.15) is 4.90 Å². The largest absolute Gasteiger partial charge is 0.454 e. The Morgan fingerprint density at radius 3 is 2.30 bits per heavy atom. The number of esters is 1. The Kier molecular flexibility index (Phi) is 6.86. The normalized spacial score (nSPS) is 13.9. The number of sulfonamides is 1. The molecule has 3 aromatic carbocycles. The summed E-state index contributed by atoms with van der Waals surface area (Å²) in [6.07, 6.45) is 0.585. The van der Waals surface area contributed by atoms with Crippen molar-refractivity contribution in [2.24, 2.45) is 0 Å². The summed E-state index contributed by atoms with van der Waals surface area (Å²) in [5, 5.41) is 0.485. The highest BCUT2D eigenvalue weighted by Crippen LogP contribution is 2.30. The number of fused-ring (bicyclic) bond motifs is 1. The second kappa shape index (κ2) is 9.65. The van der Waals surface area contributed by atoms with Crippen LogP contribution in [0.15, 0.2) is 71.6 Å². The highest BCUT2D eigenvalue weighted by Gasteiger charge is 2.30. The van der Waals surface area contributed by atoms with Crippen molar-refractivity contribution in [2.45, 2.75) is 17.9 Å². The molecule has 0 amide bonds. The van der Waals surface area contributed by atoms with Crippen LogP contribution in [0, 0.1) is 0 Å². The topological polar surface area (TPSA) is 80.8 Å². The van der Waals surface area contributed by atoms with Crippen LogP contribution in [0.1, 0.15) is 31.8 Å². The second-order valence-corrected chi connectivity index (χ2v) is 10.3. The molecule has 170 valence electrons. The third-order valence-corrected chi connectivity index (χ3v) is 7.96. The first-order valence-electron chi connectivity index (χ1n) is 10.1. The van der Waals surface area contributed by atoms with Crippen molar-refractivity contribution in [3.05, 3.63) is 99.0 Å². The molecule has 6 nitrogen and oxygen atoms in total. The molecule has 0 N–H and O–H groups in total. The molecular formula is C24H19Cl2NO5S. The molecule has 33 heavy (non-hydrogen) atoms. The molecule has 0 fully saturated rings. The minimum atomic E-state index is -3.96. The van der Waals surface area contributed by atoms with Gasteiger partial charge in [-0.05, 0) is 60.0 Å². The first-order chi connectivity index (χ1) is 15.8. The molecule has 0 unspecified atom stereocenters. The van der Waals surface area contributed by atoms with Crippen LogP contribution < -0.4 is 0 Å². The van der Waals surface area contributed by atoms with Crippen LogP contribution in [0.4, 0.5) is 0 Å². The molecule has 0 spiro atoms. The summed E-state index contributed by atoms with van der Waals surface area (Å²) in [6.45, 7) is 0.0349. The van der Waals surface area contributed by atoms with E-state index in [-0.39, 0.29) is 22.0 Å². The lowest BCUT2D eigenvalue weighted by molar-refractivity contribution is 0.0474. The lowest BCUT2D eigenvalue weighted by atomic mass is 10.0. The van der Waals surface area contributed by atoms with Crippen molar-refractivity contribution >= 4 is 45.0 Å². The van der Waals surface area contributed by atoms with Gasteiger partial charge in [0.15, 0.2) is 12.4 Å². The Bertz CT molecular complexity index is 1320. The van der Waals surface area contributed by atoms with E-state index in [2.05, 4.69) is 0 Å². The number of halogens is 2. The number of carbonyl (C=O) groups excluding carboxylic acids is 2. The third kappa shape index (κ3) is 5.12. The van der Waals surface area contributed by atoms with Crippen LogP contribution in [-0.2, 0) is 27.7 Å². The number of Topliss-reactive ketones (excluding diaryl/α,β-unsaturated/α-hetero) is 1. The average molecular weight is 504 g/mol. The Morgan fingerprint density at radius 1 is 0.909 bits per heavy atom. The molecule has 0 radical (unpaired) electrons. The van der Waals surface area contributed by atoms with Crippen LogP contribution in [-0.4, -0.2) is 37.6 Å². The van der Waals surface area contributed by atoms with Gasteiger partial charge in [0.2, 0.25) is 10.0 Å². The second-order valence-electron chi connectivity index (χ2n) is 7.51. The summed E-state index contributed by atoms with van der Waals surface area (Å²) in [5.74, 6) is -1.23. The predicted molar refractivity (Wildman–Crippen MR) is 125 cm³/mol. The minimum absolute atomic E-state index is 0.00245. The number of hydrogen-bond donors (Lipinski definition) is 0. The highest BCUT2D eigenvalue weighted by molar-refractivity contribution is 7.89. The quantitative estimate of drug-likeness (QED) is 0.357. The maximum Gasteiger partial charge on any atom is 0.338 e. The smallest absolute Gasteiger partial charge is 0.338 e. The Balaban J connectivity index is 1.50. The number of hydrogen-bond acceptors (Lipinski definition) is 5. The van der Waals surface area contributed by atoms with Crippen molar-refractivity contribution in [2.75, 3.05) is 13.2 Å². The van der Waals surface area contributed by atoms with Crippen LogP contribution in [0.2, 0.25) is 10.0 Å². The number of nitrogens with zero attached hydrogens (tertiary/aromatic N) is 1. The maximum atomic E-state index is 13.3. The van der Waals surface area contributed by atoms with Crippen LogP contribution >= 0.6 is 23.2 Å². The average Bonchev–Trinajstić information content (AvgIpc) is 2.82. The number of carbonyl (C=O) groups is 2. The molecule has 0 aliphatic carbocycles. The lowest BCUT2D eigenvalue weighted by Crippen LogP contribution is -2.36. The SMILES string of the molecule is O=C(COC(=O)c1ccc(Cl)c(S(=O)(=O)N2CCc3ccccc3C2)c1)c1ccc(Cl)cc1. The van der Waals surface area contributed by atoms with E-state index in [4.69, 9.17) is 27.9 Å². The fraction of sp³-hybridized carbons (Fsp3) is 0.167. The van der Waals surface area contributed by atoms with Crippen molar-refractivity contribution in [3.63, 3.8) is 0 Å². The Labute approximate surface area is 201 Å². The van der Waals surface area contributed by atoms with E-state index in [9.17, 15) is 18.0 Å². The standard InChI is InChI=1S/C24H19Cl2NO5S/c25-20-8-5-17(6-9-20)22(28)15-32-24(29)18-7-10-21(26)23(13-18)33(30,31)27-12-11-16-3-1-2-4-19(16)14-27/h1-10,13H,11-12,14-15H2. The molecule has 9 heteroatoms. The third-order valence-electron chi connectivity index (χ3n) is 5.38. The van der Waals surface area contributed by atoms with Gasteiger partial charge in [-0.2, -0.15) is 4.31 Å². The number of benzene rings is 3. The first kappa shape index (κ1) is 23.4. The van der Waals surface area contributed by atoms with E-state index >= 15 is 0 Å². The van der Waals surface area contributed by atoms with Gasteiger partial charge in [-0.3, -0.25) is 4.79 Å². The molecule has 1 aliphatic rings. The first-order valence-corrected chi connectivity index (χ1v) is 12.3. The van der Waals surface area contributed by atoms with E-state index in [1.165, 1.54) is 34.6 Å². The molecule has 4 rings (SSSR count). The fourth-order valence-electron chi connectivity index (χ4n) is 3.58. The summed E-state index contributed by atoms with van der Waals surface area (Å²) in [7, 11) is -3.96. The van der Waals surface area contributed by atoms with Gasteiger partial charge in [0, 0.05) is 23.7 Å². The van der Waals surface area contributed by atoms with Crippen LogP contribution in [0.25, 0.3) is 0 Å². The molecule has 3 aromatic rings. The van der Waals surface area contributed by atoms with Gasteiger partial charge in [-0.25, -0.2) is 13.2 Å². The monoisotopic (exact) mass is 503 g/mol. The highest BCUT2D eigenvalue weighted by atomic mass is 35.5. The molecule has 0 atom stereocenters. The fourth-order valence-corrected chi connectivity index (χ4v) is 5.62.